The van der Waals surface area contributed by atoms with E-state index in [-0.39, 0.29) is 5.60 Å². The fourth-order valence-corrected chi connectivity index (χ4v) is 3.28. The number of likely N-dealkylation sites (N-methyl/N-ethyl adjacent to an activating group) is 1. The monoisotopic (exact) mass is 283 g/mol. The van der Waals surface area contributed by atoms with Gasteiger partial charge in [-0.25, -0.2) is 0 Å². The Balaban J connectivity index is 2.53. The molecule has 0 bridgehead atoms. The highest BCUT2D eigenvalue weighted by Crippen LogP contribution is 2.42. The Hall–Kier alpha value is -0.0800. The van der Waals surface area contributed by atoms with E-state index in [9.17, 15) is 0 Å². The number of hydrogen-bond acceptors (Lipinski definition) is 2. The second-order valence-corrected chi connectivity index (χ2v) is 9.01. The standard InChI is InChI=1S/C18H37NO/c1-16(2,3)12-13-20-18(14-19-7)10-8-15(9-11-18)17(4,5)6/h15,19H,8-14H2,1-7H3. The van der Waals surface area contributed by atoms with Gasteiger partial charge < -0.3 is 10.1 Å². The van der Waals surface area contributed by atoms with E-state index in [2.05, 4.69) is 46.9 Å². The van der Waals surface area contributed by atoms with Crippen molar-refractivity contribution >= 4 is 0 Å². The van der Waals surface area contributed by atoms with Crippen LogP contribution < -0.4 is 5.32 Å². The lowest BCUT2D eigenvalue weighted by Crippen LogP contribution is -2.46. The van der Waals surface area contributed by atoms with Gasteiger partial charge >= 0.3 is 0 Å². The Bertz CT molecular complexity index is 271. The summed E-state index contributed by atoms with van der Waals surface area (Å²) in [5, 5.41) is 3.35. The molecule has 0 spiro atoms. The first kappa shape index (κ1) is 18.0. The molecule has 0 aromatic rings. The molecule has 0 atom stereocenters. The average Bonchev–Trinajstić information content (AvgIpc) is 2.27. The van der Waals surface area contributed by atoms with E-state index < -0.39 is 0 Å². The predicted octanol–water partition coefficient (Wildman–Crippen LogP) is 4.63. The molecule has 120 valence electrons. The normalized spacial score (nSPS) is 28.6. The fourth-order valence-electron chi connectivity index (χ4n) is 3.28. The molecule has 1 rings (SSSR count). The first-order chi connectivity index (χ1) is 9.08. The maximum Gasteiger partial charge on any atom is 0.0806 e. The lowest BCUT2D eigenvalue weighted by molar-refractivity contribution is -0.0893. The first-order valence-corrected chi connectivity index (χ1v) is 8.37. The van der Waals surface area contributed by atoms with E-state index in [0.29, 0.717) is 10.8 Å². The van der Waals surface area contributed by atoms with Crippen LogP contribution in [0.15, 0.2) is 0 Å². The molecule has 1 aliphatic carbocycles. The third-order valence-corrected chi connectivity index (χ3v) is 4.88. The number of ether oxygens (including phenoxy) is 1. The van der Waals surface area contributed by atoms with E-state index in [0.717, 1.165) is 25.5 Å². The molecule has 1 N–H and O–H groups in total. The van der Waals surface area contributed by atoms with Gasteiger partial charge in [-0.3, -0.25) is 0 Å². The van der Waals surface area contributed by atoms with Gasteiger partial charge in [-0.05, 0) is 55.9 Å². The van der Waals surface area contributed by atoms with Crippen LogP contribution in [0.5, 0.6) is 0 Å². The van der Waals surface area contributed by atoms with Gasteiger partial charge in [0.25, 0.3) is 0 Å². The molecule has 2 heteroatoms. The highest BCUT2D eigenvalue weighted by molar-refractivity contribution is 4.92. The first-order valence-electron chi connectivity index (χ1n) is 8.37. The van der Waals surface area contributed by atoms with Crippen molar-refractivity contribution in [2.45, 2.75) is 79.2 Å². The summed E-state index contributed by atoms with van der Waals surface area (Å²) < 4.78 is 6.39. The summed E-state index contributed by atoms with van der Waals surface area (Å²) in [6.07, 6.45) is 6.17. The molecule has 1 fully saturated rings. The molecule has 0 aromatic carbocycles. The number of hydrogen-bond donors (Lipinski definition) is 1. The third kappa shape index (κ3) is 5.73. The van der Waals surface area contributed by atoms with Crippen LogP contribution >= 0.6 is 0 Å². The summed E-state index contributed by atoms with van der Waals surface area (Å²) >= 11 is 0. The highest BCUT2D eigenvalue weighted by atomic mass is 16.5. The van der Waals surface area contributed by atoms with Crippen LogP contribution in [0.25, 0.3) is 0 Å². The van der Waals surface area contributed by atoms with Crippen molar-refractivity contribution in [3.63, 3.8) is 0 Å². The lowest BCUT2D eigenvalue weighted by Gasteiger charge is -2.44. The van der Waals surface area contributed by atoms with Crippen molar-refractivity contribution < 1.29 is 4.74 Å². The van der Waals surface area contributed by atoms with Gasteiger partial charge in [0, 0.05) is 13.2 Å². The van der Waals surface area contributed by atoms with Crippen LogP contribution in [0.3, 0.4) is 0 Å². The minimum Gasteiger partial charge on any atom is -0.374 e. The van der Waals surface area contributed by atoms with Gasteiger partial charge in [0.2, 0.25) is 0 Å². The Kier molecular flexibility index (Phi) is 6.10. The molecule has 0 unspecified atom stereocenters. The molecule has 0 amide bonds. The lowest BCUT2D eigenvalue weighted by atomic mass is 9.68. The molecular formula is C18H37NO. The van der Waals surface area contributed by atoms with Gasteiger partial charge in [-0.1, -0.05) is 41.5 Å². The molecule has 2 nitrogen and oxygen atoms in total. The quantitative estimate of drug-likeness (QED) is 0.794. The maximum atomic E-state index is 6.39. The van der Waals surface area contributed by atoms with Crippen molar-refractivity contribution in [3.05, 3.63) is 0 Å². The largest absolute Gasteiger partial charge is 0.374 e. The minimum absolute atomic E-state index is 0.0851. The van der Waals surface area contributed by atoms with Crippen LogP contribution in [0.1, 0.15) is 73.6 Å². The van der Waals surface area contributed by atoms with Gasteiger partial charge in [-0.15, -0.1) is 0 Å². The summed E-state index contributed by atoms with van der Waals surface area (Å²) in [4.78, 5) is 0. The van der Waals surface area contributed by atoms with Crippen LogP contribution in [0.2, 0.25) is 0 Å². The molecular weight excluding hydrogens is 246 g/mol. The Morgan fingerprint density at radius 3 is 2.00 bits per heavy atom. The summed E-state index contributed by atoms with van der Waals surface area (Å²) in [7, 11) is 2.05. The number of nitrogens with one attached hydrogen (secondary N) is 1. The molecule has 0 heterocycles. The summed E-state index contributed by atoms with van der Waals surface area (Å²) in [6, 6.07) is 0. The molecule has 1 saturated carbocycles. The Labute approximate surface area is 127 Å². The summed E-state index contributed by atoms with van der Waals surface area (Å²) in [5.41, 5.74) is 0.891. The van der Waals surface area contributed by atoms with Crippen molar-refractivity contribution in [2.24, 2.45) is 16.7 Å². The predicted molar refractivity (Wildman–Crippen MR) is 88.1 cm³/mol. The zero-order valence-electron chi connectivity index (χ0n) is 14.9. The zero-order valence-corrected chi connectivity index (χ0v) is 14.9. The van der Waals surface area contributed by atoms with Gasteiger partial charge in [0.05, 0.1) is 5.60 Å². The van der Waals surface area contributed by atoms with E-state index in [1.165, 1.54) is 25.7 Å². The van der Waals surface area contributed by atoms with Crippen molar-refractivity contribution in [1.82, 2.24) is 5.32 Å². The van der Waals surface area contributed by atoms with E-state index in [1.807, 2.05) is 7.05 Å². The minimum atomic E-state index is 0.0851. The molecule has 1 aliphatic rings. The van der Waals surface area contributed by atoms with Gasteiger partial charge in [-0.2, -0.15) is 0 Å². The molecule has 0 aromatic heterocycles. The van der Waals surface area contributed by atoms with Crippen molar-refractivity contribution in [3.8, 4) is 0 Å². The molecule has 20 heavy (non-hydrogen) atoms. The molecule has 0 radical (unpaired) electrons. The van der Waals surface area contributed by atoms with Crippen LogP contribution in [0, 0.1) is 16.7 Å². The van der Waals surface area contributed by atoms with Crippen LogP contribution in [-0.4, -0.2) is 25.8 Å². The number of rotatable bonds is 5. The molecule has 0 aliphatic heterocycles. The summed E-state index contributed by atoms with van der Waals surface area (Å²) in [5.74, 6) is 0.846. The Morgan fingerprint density at radius 2 is 1.60 bits per heavy atom. The zero-order chi connectivity index (χ0) is 15.4. The smallest absolute Gasteiger partial charge is 0.0806 e. The van der Waals surface area contributed by atoms with Crippen molar-refractivity contribution in [1.29, 1.82) is 0 Å². The second kappa shape index (κ2) is 6.79. The fraction of sp³-hybridized carbons (Fsp3) is 1.00. The topological polar surface area (TPSA) is 21.3 Å². The van der Waals surface area contributed by atoms with E-state index in [4.69, 9.17) is 4.74 Å². The maximum absolute atomic E-state index is 6.39. The Morgan fingerprint density at radius 1 is 1.05 bits per heavy atom. The van der Waals surface area contributed by atoms with Gasteiger partial charge in [0.15, 0.2) is 0 Å². The van der Waals surface area contributed by atoms with Crippen LogP contribution in [-0.2, 0) is 4.74 Å². The average molecular weight is 284 g/mol. The van der Waals surface area contributed by atoms with Crippen molar-refractivity contribution in [2.75, 3.05) is 20.2 Å². The molecule has 0 saturated heterocycles. The second-order valence-electron chi connectivity index (χ2n) is 9.01. The van der Waals surface area contributed by atoms with Crippen LogP contribution in [0.4, 0.5) is 0 Å². The SMILES string of the molecule is CNCC1(OCCC(C)(C)C)CCC(C(C)(C)C)CC1. The van der Waals surface area contributed by atoms with Gasteiger partial charge in [0.1, 0.15) is 0 Å². The highest BCUT2D eigenvalue weighted by Gasteiger charge is 2.39. The van der Waals surface area contributed by atoms with E-state index in [1.54, 1.807) is 0 Å². The van der Waals surface area contributed by atoms with E-state index >= 15 is 0 Å². The summed E-state index contributed by atoms with van der Waals surface area (Å²) in [6.45, 7) is 15.9. The third-order valence-electron chi connectivity index (χ3n) is 4.88.